The monoisotopic (exact) mass is 301 g/mol. The highest BCUT2D eigenvalue weighted by molar-refractivity contribution is 7.92. The minimum absolute atomic E-state index is 0.0878. The van der Waals surface area contributed by atoms with Gasteiger partial charge in [-0.25, -0.2) is 8.42 Å². The molecule has 0 spiro atoms. The highest BCUT2D eigenvalue weighted by Gasteiger charge is 2.32. The number of hydrogen-bond acceptors (Lipinski definition) is 4. The summed E-state index contributed by atoms with van der Waals surface area (Å²) in [6.45, 7) is 5.57. The quantitative estimate of drug-likeness (QED) is 0.755. The molecule has 0 aliphatic rings. The average Bonchev–Trinajstić information content (AvgIpc) is 2.36. The molecule has 1 aromatic rings. The van der Waals surface area contributed by atoms with E-state index in [4.69, 9.17) is 9.47 Å². The molecule has 1 aromatic carbocycles. The van der Waals surface area contributed by atoms with E-state index in [0.717, 1.165) is 11.1 Å². The van der Waals surface area contributed by atoms with Crippen LogP contribution in [0.15, 0.2) is 18.2 Å². The minimum Gasteiger partial charge on any atom is -0.352 e. The lowest BCUT2D eigenvalue weighted by atomic mass is 10.1. The van der Waals surface area contributed by atoms with Gasteiger partial charge in [-0.15, -0.1) is 0 Å². The Bertz CT molecular complexity index is 544. The fourth-order valence-electron chi connectivity index (χ4n) is 2.03. The number of aryl methyl sites for hydroxylation is 2. The summed E-state index contributed by atoms with van der Waals surface area (Å²) in [5.74, 6) is -1.00. The van der Waals surface area contributed by atoms with E-state index in [2.05, 4.69) is 0 Å². The van der Waals surface area contributed by atoms with Gasteiger partial charge in [-0.05, 0) is 31.9 Å². The Kier molecular flexibility index (Phi) is 5.18. The summed E-state index contributed by atoms with van der Waals surface area (Å²) in [7, 11) is -0.454. The highest BCUT2D eigenvalue weighted by Crippen LogP contribution is 2.29. The molecule has 0 amide bonds. The molecule has 5 nitrogen and oxygen atoms in total. The van der Waals surface area contributed by atoms with Crippen molar-refractivity contribution in [1.82, 2.24) is 0 Å². The van der Waals surface area contributed by atoms with Gasteiger partial charge >= 0.3 is 0 Å². The summed E-state index contributed by atoms with van der Waals surface area (Å²) in [5.41, 5.74) is 2.46. The van der Waals surface area contributed by atoms with Crippen molar-refractivity contribution in [1.29, 1.82) is 0 Å². The number of benzene rings is 1. The van der Waals surface area contributed by atoms with Crippen LogP contribution in [0.25, 0.3) is 0 Å². The number of sulfonamides is 1. The summed E-state index contributed by atoms with van der Waals surface area (Å²) in [6.07, 6.45) is 1.19. The van der Waals surface area contributed by atoms with Crippen molar-refractivity contribution in [3.63, 3.8) is 0 Å². The first-order valence-corrected chi connectivity index (χ1v) is 8.13. The minimum atomic E-state index is -3.44. The summed E-state index contributed by atoms with van der Waals surface area (Å²) in [4.78, 5) is 0. The average molecular weight is 301 g/mol. The van der Waals surface area contributed by atoms with Crippen molar-refractivity contribution in [2.45, 2.75) is 26.6 Å². The molecule has 114 valence electrons. The van der Waals surface area contributed by atoms with Gasteiger partial charge in [0, 0.05) is 14.2 Å². The number of nitrogens with zero attached hydrogens (tertiary/aromatic N) is 1. The Morgan fingerprint density at radius 2 is 1.60 bits per heavy atom. The molecule has 0 fully saturated rings. The lowest BCUT2D eigenvalue weighted by Gasteiger charge is -2.34. The van der Waals surface area contributed by atoms with Crippen LogP contribution in [0.3, 0.4) is 0 Å². The lowest BCUT2D eigenvalue weighted by Crippen LogP contribution is -2.46. The van der Waals surface area contributed by atoms with E-state index >= 15 is 0 Å². The second kappa shape index (κ2) is 6.11. The van der Waals surface area contributed by atoms with Crippen LogP contribution in [0.5, 0.6) is 0 Å². The van der Waals surface area contributed by atoms with Crippen molar-refractivity contribution in [2.75, 3.05) is 31.3 Å². The first-order chi connectivity index (χ1) is 9.14. The normalized spacial score (nSPS) is 12.5. The van der Waals surface area contributed by atoms with Gasteiger partial charge in [-0.1, -0.05) is 18.2 Å². The molecular weight excluding hydrogens is 278 g/mol. The molecule has 0 aliphatic carbocycles. The SMILES string of the molecule is COC(C)(CN(c1c(C)cccc1C)S(C)(=O)=O)OC. The molecule has 0 saturated heterocycles. The van der Waals surface area contributed by atoms with Crippen LogP contribution in [0.4, 0.5) is 5.69 Å². The molecule has 0 radical (unpaired) electrons. The molecule has 6 heteroatoms. The number of hydrogen-bond donors (Lipinski definition) is 0. The molecule has 0 N–H and O–H groups in total. The Hall–Kier alpha value is -1.11. The zero-order valence-electron chi connectivity index (χ0n) is 12.9. The fraction of sp³-hybridized carbons (Fsp3) is 0.571. The predicted molar refractivity (Wildman–Crippen MR) is 80.5 cm³/mol. The fourth-order valence-corrected chi connectivity index (χ4v) is 3.12. The highest BCUT2D eigenvalue weighted by atomic mass is 32.2. The molecule has 0 bridgehead atoms. The first kappa shape index (κ1) is 16.9. The molecule has 0 saturated carbocycles. The summed E-state index contributed by atoms with van der Waals surface area (Å²) >= 11 is 0. The van der Waals surface area contributed by atoms with E-state index < -0.39 is 15.8 Å². The first-order valence-electron chi connectivity index (χ1n) is 6.29. The maximum absolute atomic E-state index is 12.2. The zero-order valence-corrected chi connectivity index (χ0v) is 13.7. The van der Waals surface area contributed by atoms with Crippen LogP contribution in [-0.4, -0.2) is 41.2 Å². The Morgan fingerprint density at radius 3 is 1.95 bits per heavy atom. The van der Waals surface area contributed by atoms with Gasteiger partial charge in [0.2, 0.25) is 10.0 Å². The summed E-state index contributed by atoms with van der Waals surface area (Å²) < 4.78 is 36.2. The number of ether oxygens (including phenoxy) is 2. The van der Waals surface area contributed by atoms with Crippen molar-refractivity contribution in [3.05, 3.63) is 29.3 Å². The van der Waals surface area contributed by atoms with Crippen LogP contribution in [-0.2, 0) is 19.5 Å². The second-order valence-corrected chi connectivity index (χ2v) is 6.96. The zero-order chi connectivity index (χ0) is 15.6. The van der Waals surface area contributed by atoms with Gasteiger partial charge in [-0.2, -0.15) is 0 Å². The maximum atomic E-state index is 12.2. The molecule has 0 atom stereocenters. The van der Waals surface area contributed by atoms with Crippen molar-refractivity contribution >= 4 is 15.7 Å². The summed E-state index contributed by atoms with van der Waals surface area (Å²) in [6, 6.07) is 5.68. The van der Waals surface area contributed by atoms with E-state index in [1.165, 1.54) is 24.8 Å². The van der Waals surface area contributed by atoms with Gasteiger partial charge in [0.05, 0.1) is 18.5 Å². The van der Waals surface area contributed by atoms with Gasteiger partial charge in [-0.3, -0.25) is 4.31 Å². The van der Waals surface area contributed by atoms with Gasteiger partial charge < -0.3 is 9.47 Å². The Morgan fingerprint density at radius 1 is 1.15 bits per heavy atom. The second-order valence-electron chi connectivity index (χ2n) is 5.05. The smallest absolute Gasteiger partial charge is 0.232 e. The third kappa shape index (κ3) is 3.71. The topological polar surface area (TPSA) is 55.8 Å². The molecular formula is C14H23NO4S. The van der Waals surface area contributed by atoms with Crippen LogP contribution in [0.2, 0.25) is 0 Å². The molecule has 20 heavy (non-hydrogen) atoms. The van der Waals surface area contributed by atoms with E-state index in [1.54, 1.807) is 6.92 Å². The number of rotatable bonds is 6. The van der Waals surface area contributed by atoms with Crippen molar-refractivity contribution in [3.8, 4) is 0 Å². The van der Waals surface area contributed by atoms with E-state index in [9.17, 15) is 8.42 Å². The number of para-hydroxylation sites is 1. The Labute approximate surface area is 121 Å². The lowest BCUT2D eigenvalue weighted by molar-refractivity contribution is -0.184. The van der Waals surface area contributed by atoms with E-state index in [0.29, 0.717) is 5.69 Å². The van der Waals surface area contributed by atoms with E-state index in [-0.39, 0.29) is 6.54 Å². The standard InChI is InChI=1S/C14H23NO4S/c1-11-8-7-9-12(2)13(11)15(20(6,16)17)10-14(3,18-4)19-5/h7-9H,10H2,1-6H3. The third-order valence-corrected chi connectivity index (χ3v) is 4.50. The largest absolute Gasteiger partial charge is 0.352 e. The van der Waals surface area contributed by atoms with Crippen LogP contribution >= 0.6 is 0 Å². The van der Waals surface area contributed by atoms with Crippen LogP contribution in [0.1, 0.15) is 18.1 Å². The molecule has 0 aliphatic heterocycles. The summed E-state index contributed by atoms with van der Waals surface area (Å²) in [5, 5.41) is 0. The number of anilines is 1. The molecule has 0 heterocycles. The van der Waals surface area contributed by atoms with Crippen LogP contribution < -0.4 is 4.31 Å². The Balaban J connectivity index is 3.36. The third-order valence-electron chi connectivity index (χ3n) is 3.38. The van der Waals surface area contributed by atoms with Crippen molar-refractivity contribution in [2.24, 2.45) is 0 Å². The molecule has 0 unspecified atom stereocenters. The number of methoxy groups -OCH3 is 2. The maximum Gasteiger partial charge on any atom is 0.232 e. The predicted octanol–water partition coefficient (Wildman–Crippen LogP) is 2.08. The van der Waals surface area contributed by atoms with Gasteiger partial charge in [0.1, 0.15) is 0 Å². The van der Waals surface area contributed by atoms with Gasteiger partial charge in [0.15, 0.2) is 5.79 Å². The molecule has 0 aromatic heterocycles. The van der Waals surface area contributed by atoms with Crippen LogP contribution in [0, 0.1) is 13.8 Å². The van der Waals surface area contributed by atoms with E-state index in [1.807, 2.05) is 32.0 Å². The van der Waals surface area contributed by atoms with Crippen molar-refractivity contribution < 1.29 is 17.9 Å². The molecule has 1 rings (SSSR count). The van der Waals surface area contributed by atoms with Gasteiger partial charge in [0.25, 0.3) is 0 Å².